The molecule has 5 heteroatoms. The van der Waals surface area contributed by atoms with Gasteiger partial charge in [-0.25, -0.2) is 0 Å². The second-order valence-electron chi connectivity index (χ2n) is 7.89. The standard InChI is InChI=1S/C23H25N3O2/c1-15(2)26-21-16(14-25-10-12-28-13-11-25)6-5-9-19(21)20-22(26)17-7-3-4-8-18(17)23(27)24-20/h3-9,15H,10-14H2,1-2H3,(H,24,27). The highest BCUT2D eigenvalue weighted by Gasteiger charge is 2.21. The van der Waals surface area contributed by atoms with Crippen LogP contribution in [0.2, 0.25) is 0 Å². The number of benzene rings is 2. The van der Waals surface area contributed by atoms with Crippen LogP contribution in [0.5, 0.6) is 0 Å². The maximum Gasteiger partial charge on any atom is 0.256 e. The summed E-state index contributed by atoms with van der Waals surface area (Å²) in [5.74, 6) is 0. The normalized spacial score (nSPS) is 16.0. The molecule has 0 aliphatic carbocycles. The van der Waals surface area contributed by atoms with Gasteiger partial charge in [0.1, 0.15) is 0 Å². The summed E-state index contributed by atoms with van der Waals surface area (Å²) in [7, 11) is 0. The first kappa shape index (κ1) is 17.5. The molecule has 0 amide bonds. The molecule has 0 unspecified atom stereocenters. The van der Waals surface area contributed by atoms with Gasteiger partial charge in [-0.2, -0.15) is 0 Å². The van der Waals surface area contributed by atoms with Gasteiger partial charge in [0.2, 0.25) is 0 Å². The van der Waals surface area contributed by atoms with Crippen LogP contribution in [0.3, 0.4) is 0 Å². The number of pyridine rings is 1. The number of hydrogen-bond donors (Lipinski definition) is 1. The third kappa shape index (κ3) is 2.65. The molecule has 1 aliphatic heterocycles. The summed E-state index contributed by atoms with van der Waals surface area (Å²) in [6.45, 7) is 8.82. The molecule has 5 nitrogen and oxygen atoms in total. The van der Waals surface area contributed by atoms with Crippen molar-refractivity contribution < 1.29 is 4.74 Å². The first-order chi connectivity index (χ1) is 13.6. The maximum atomic E-state index is 12.7. The average molecular weight is 375 g/mol. The number of fused-ring (bicyclic) bond motifs is 5. The van der Waals surface area contributed by atoms with Gasteiger partial charge < -0.3 is 14.3 Å². The summed E-state index contributed by atoms with van der Waals surface area (Å²) in [6.07, 6.45) is 0. The molecule has 4 aromatic rings. The molecule has 0 bridgehead atoms. The van der Waals surface area contributed by atoms with Gasteiger partial charge >= 0.3 is 0 Å². The fourth-order valence-electron chi connectivity index (χ4n) is 4.54. The zero-order chi connectivity index (χ0) is 19.3. The van der Waals surface area contributed by atoms with Crippen LogP contribution in [0.15, 0.2) is 47.3 Å². The van der Waals surface area contributed by atoms with E-state index in [1.54, 1.807) is 0 Å². The predicted molar refractivity (Wildman–Crippen MR) is 114 cm³/mol. The van der Waals surface area contributed by atoms with Gasteiger partial charge in [-0.1, -0.05) is 36.4 Å². The smallest absolute Gasteiger partial charge is 0.256 e. The summed E-state index contributed by atoms with van der Waals surface area (Å²) >= 11 is 0. The van der Waals surface area contributed by atoms with Crippen molar-refractivity contribution in [3.63, 3.8) is 0 Å². The van der Waals surface area contributed by atoms with Crippen LogP contribution in [0, 0.1) is 0 Å². The van der Waals surface area contributed by atoms with Crippen molar-refractivity contribution in [3.8, 4) is 0 Å². The fraction of sp³-hybridized carbons (Fsp3) is 0.348. The lowest BCUT2D eigenvalue weighted by Crippen LogP contribution is -2.35. The summed E-state index contributed by atoms with van der Waals surface area (Å²) in [4.78, 5) is 18.3. The van der Waals surface area contributed by atoms with E-state index in [-0.39, 0.29) is 11.6 Å². The van der Waals surface area contributed by atoms with E-state index >= 15 is 0 Å². The van der Waals surface area contributed by atoms with E-state index in [4.69, 9.17) is 4.74 Å². The van der Waals surface area contributed by atoms with E-state index in [1.165, 1.54) is 11.1 Å². The molecule has 0 radical (unpaired) electrons. The Morgan fingerprint density at radius 1 is 0.964 bits per heavy atom. The Hall–Kier alpha value is -2.63. The topological polar surface area (TPSA) is 50.3 Å². The highest BCUT2D eigenvalue weighted by atomic mass is 16.5. The molecule has 1 saturated heterocycles. The zero-order valence-corrected chi connectivity index (χ0v) is 16.4. The van der Waals surface area contributed by atoms with Crippen molar-refractivity contribution in [2.24, 2.45) is 0 Å². The van der Waals surface area contributed by atoms with Crippen molar-refractivity contribution in [2.45, 2.75) is 26.4 Å². The molecular formula is C23H25N3O2. The monoisotopic (exact) mass is 375 g/mol. The Kier molecular flexibility index (Phi) is 4.22. The lowest BCUT2D eigenvalue weighted by molar-refractivity contribution is 0.0343. The van der Waals surface area contributed by atoms with Crippen LogP contribution in [-0.4, -0.2) is 40.8 Å². The number of hydrogen-bond acceptors (Lipinski definition) is 3. The second-order valence-corrected chi connectivity index (χ2v) is 7.89. The van der Waals surface area contributed by atoms with E-state index in [9.17, 15) is 4.79 Å². The SMILES string of the molecule is CC(C)n1c2c(CN3CCOCC3)cccc2c2[nH]c(=O)c3ccccc3c21. The Balaban J connectivity index is 1.86. The molecule has 2 aromatic heterocycles. The quantitative estimate of drug-likeness (QED) is 0.588. The number of ether oxygens (including phenoxy) is 1. The average Bonchev–Trinajstić information content (AvgIpc) is 3.05. The lowest BCUT2D eigenvalue weighted by Gasteiger charge is -2.27. The molecule has 0 saturated carbocycles. The van der Waals surface area contributed by atoms with Crippen molar-refractivity contribution >= 4 is 32.7 Å². The van der Waals surface area contributed by atoms with Crippen LogP contribution < -0.4 is 5.56 Å². The Labute approximate surface area is 163 Å². The number of H-pyrrole nitrogens is 1. The van der Waals surface area contributed by atoms with Crippen LogP contribution in [0.25, 0.3) is 32.7 Å². The first-order valence-electron chi connectivity index (χ1n) is 10.0. The molecule has 5 rings (SSSR count). The number of para-hydroxylation sites is 1. The van der Waals surface area contributed by atoms with Crippen LogP contribution >= 0.6 is 0 Å². The van der Waals surface area contributed by atoms with Gasteiger partial charge in [0, 0.05) is 41.8 Å². The molecule has 2 aromatic carbocycles. The number of nitrogens with zero attached hydrogens (tertiary/aromatic N) is 2. The molecule has 1 N–H and O–H groups in total. The fourth-order valence-corrected chi connectivity index (χ4v) is 4.54. The minimum atomic E-state index is -0.0236. The largest absolute Gasteiger partial charge is 0.379 e. The molecule has 1 fully saturated rings. The van der Waals surface area contributed by atoms with Gasteiger partial charge in [-0.3, -0.25) is 9.69 Å². The minimum Gasteiger partial charge on any atom is -0.379 e. The van der Waals surface area contributed by atoms with Gasteiger partial charge in [-0.15, -0.1) is 0 Å². The van der Waals surface area contributed by atoms with Crippen LogP contribution in [0.1, 0.15) is 25.5 Å². The predicted octanol–water partition coefficient (Wildman–Crippen LogP) is 4.05. The Morgan fingerprint density at radius 3 is 2.43 bits per heavy atom. The molecular weight excluding hydrogens is 350 g/mol. The van der Waals surface area contributed by atoms with Gasteiger partial charge in [0.15, 0.2) is 0 Å². The molecule has 3 heterocycles. The third-order valence-corrected chi connectivity index (χ3v) is 5.79. The van der Waals surface area contributed by atoms with Crippen LogP contribution in [-0.2, 0) is 11.3 Å². The third-order valence-electron chi connectivity index (χ3n) is 5.79. The Bertz CT molecular complexity index is 1230. The highest BCUT2D eigenvalue weighted by Crippen LogP contribution is 2.36. The second kappa shape index (κ2) is 6.76. The molecule has 28 heavy (non-hydrogen) atoms. The van der Waals surface area contributed by atoms with Crippen molar-refractivity contribution in [1.82, 2.24) is 14.5 Å². The maximum absolute atomic E-state index is 12.7. The summed E-state index contributed by atoms with van der Waals surface area (Å²) < 4.78 is 7.91. The number of morpholine rings is 1. The highest BCUT2D eigenvalue weighted by molar-refractivity contribution is 6.16. The van der Waals surface area contributed by atoms with E-state index in [0.29, 0.717) is 0 Å². The number of rotatable bonds is 3. The van der Waals surface area contributed by atoms with Gasteiger partial charge in [0.25, 0.3) is 5.56 Å². The minimum absolute atomic E-state index is 0.0236. The van der Waals surface area contributed by atoms with Crippen LogP contribution in [0.4, 0.5) is 0 Å². The number of nitrogens with one attached hydrogen (secondary N) is 1. The van der Waals surface area contributed by atoms with Crippen molar-refractivity contribution in [1.29, 1.82) is 0 Å². The van der Waals surface area contributed by atoms with Gasteiger partial charge in [-0.05, 0) is 25.5 Å². The molecule has 144 valence electrons. The molecule has 1 aliphatic rings. The summed E-state index contributed by atoms with van der Waals surface area (Å²) in [6, 6.07) is 14.6. The zero-order valence-electron chi connectivity index (χ0n) is 16.4. The van der Waals surface area contributed by atoms with Crippen molar-refractivity contribution in [3.05, 3.63) is 58.4 Å². The Morgan fingerprint density at radius 2 is 1.68 bits per heavy atom. The summed E-state index contributed by atoms with van der Waals surface area (Å²) in [5, 5.41) is 2.88. The first-order valence-corrected chi connectivity index (χ1v) is 10.0. The molecule has 0 spiro atoms. The van der Waals surface area contributed by atoms with E-state index in [0.717, 1.165) is 60.0 Å². The number of aromatic amines is 1. The van der Waals surface area contributed by atoms with Crippen molar-refractivity contribution in [2.75, 3.05) is 26.3 Å². The van der Waals surface area contributed by atoms with E-state index in [1.807, 2.05) is 18.2 Å². The number of aromatic nitrogens is 2. The van der Waals surface area contributed by atoms with E-state index in [2.05, 4.69) is 52.6 Å². The van der Waals surface area contributed by atoms with E-state index < -0.39 is 0 Å². The van der Waals surface area contributed by atoms with Gasteiger partial charge in [0.05, 0.1) is 29.8 Å². The summed E-state index contributed by atoms with van der Waals surface area (Å²) in [5.41, 5.74) is 4.57. The lowest BCUT2D eigenvalue weighted by atomic mass is 10.1. The molecule has 0 atom stereocenters.